The number of urea groups is 1. The number of pyridine rings is 1. The number of fused-ring (bicyclic) bond motifs is 1. The predicted molar refractivity (Wildman–Crippen MR) is 132 cm³/mol. The number of carbonyl (C=O) groups is 1. The summed E-state index contributed by atoms with van der Waals surface area (Å²) in [6.45, 7) is 0. The highest BCUT2D eigenvalue weighted by Gasteiger charge is 2.16. The van der Waals surface area contributed by atoms with Crippen molar-refractivity contribution >= 4 is 28.4 Å². The molecule has 2 amide bonds. The maximum Gasteiger partial charge on any atom is 0.333 e. The summed E-state index contributed by atoms with van der Waals surface area (Å²) in [5.41, 5.74) is 15.7. The summed E-state index contributed by atoms with van der Waals surface area (Å²) in [6, 6.07) is 25.3. The topological polar surface area (TPSA) is 149 Å². The van der Waals surface area contributed by atoms with E-state index < -0.39 is 6.03 Å². The minimum absolute atomic E-state index is 0.365. The molecule has 0 spiro atoms. The molecule has 9 heteroatoms. The van der Waals surface area contributed by atoms with Crippen molar-refractivity contribution in [2.24, 2.45) is 11.6 Å². The Morgan fingerprint density at radius 2 is 1.53 bits per heavy atom. The van der Waals surface area contributed by atoms with Crippen molar-refractivity contribution in [3.8, 4) is 34.0 Å². The SMILES string of the molecule is NC(=O)N(N)c1ccc(-c2cc3[nH]nc(N)c3c(-c3ccc(Oc4ccccc4)cc3)n2)cc1. The number of hydrogen-bond acceptors (Lipinski definition) is 6. The van der Waals surface area contributed by atoms with Crippen molar-refractivity contribution in [2.45, 2.75) is 0 Å². The number of ether oxygens (including phenoxy) is 1. The number of hydrazine groups is 1. The molecule has 168 valence electrons. The first-order valence-corrected chi connectivity index (χ1v) is 10.4. The van der Waals surface area contributed by atoms with Crippen LogP contribution in [0.3, 0.4) is 0 Å². The third-order valence-electron chi connectivity index (χ3n) is 5.36. The van der Waals surface area contributed by atoms with E-state index in [9.17, 15) is 4.79 Å². The van der Waals surface area contributed by atoms with E-state index in [0.717, 1.165) is 32.8 Å². The number of benzene rings is 3. The lowest BCUT2D eigenvalue weighted by Crippen LogP contribution is -2.41. The van der Waals surface area contributed by atoms with Gasteiger partial charge < -0.3 is 16.2 Å². The number of anilines is 2. The number of nitrogens with zero attached hydrogens (tertiary/aromatic N) is 3. The van der Waals surface area contributed by atoms with E-state index in [2.05, 4.69) is 10.2 Å². The maximum atomic E-state index is 11.3. The van der Waals surface area contributed by atoms with E-state index in [-0.39, 0.29) is 0 Å². The molecule has 34 heavy (non-hydrogen) atoms. The van der Waals surface area contributed by atoms with Crippen molar-refractivity contribution in [2.75, 3.05) is 10.7 Å². The Kier molecular flexibility index (Phi) is 5.29. The van der Waals surface area contributed by atoms with Crippen LogP contribution in [0.1, 0.15) is 0 Å². The Hall–Kier alpha value is -4.89. The lowest BCUT2D eigenvalue weighted by Gasteiger charge is -2.14. The molecule has 2 heterocycles. The average Bonchev–Trinajstić information content (AvgIpc) is 3.25. The lowest BCUT2D eigenvalue weighted by atomic mass is 10.0. The number of nitrogens with one attached hydrogen (secondary N) is 1. The molecule has 0 aliphatic carbocycles. The molecule has 0 aliphatic heterocycles. The van der Waals surface area contributed by atoms with Crippen LogP contribution in [-0.2, 0) is 0 Å². The zero-order chi connectivity index (χ0) is 23.7. The molecular formula is C25H21N7O2. The van der Waals surface area contributed by atoms with Gasteiger partial charge in [-0.3, -0.25) is 5.10 Å². The first-order valence-electron chi connectivity index (χ1n) is 10.4. The van der Waals surface area contributed by atoms with Gasteiger partial charge in [-0.15, -0.1) is 0 Å². The zero-order valence-electron chi connectivity index (χ0n) is 18.0. The second kappa shape index (κ2) is 8.57. The van der Waals surface area contributed by atoms with Gasteiger partial charge in [0.2, 0.25) is 0 Å². The molecule has 2 aromatic heterocycles. The van der Waals surface area contributed by atoms with Crippen molar-refractivity contribution in [1.29, 1.82) is 0 Å². The fourth-order valence-corrected chi connectivity index (χ4v) is 3.65. The molecule has 0 atom stereocenters. The van der Waals surface area contributed by atoms with Crippen LogP contribution in [0, 0.1) is 0 Å². The largest absolute Gasteiger partial charge is 0.457 e. The van der Waals surface area contributed by atoms with Gasteiger partial charge in [-0.05, 0) is 54.6 Å². The lowest BCUT2D eigenvalue weighted by molar-refractivity contribution is 0.254. The molecule has 9 nitrogen and oxygen atoms in total. The van der Waals surface area contributed by atoms with Gasteiger partial charge in [0.15, 0.2) is 5.82 Å². The van der Waals surface area contributed by atoms with E-state index in [4.69, 9.17) is 27.0 Å². The summed E-state index contributed by atoms with van der Waals surface area (Å²) < 4.78 is 5.90. The standard InChI is InChI=1S/C25H21N7O2/c26-24-22-21(30-31-24)14-20(15-6-10-17(11-7-15)32(28)25(27)33)29-23(22)16-8-12-19(13-9-16)34-18-4-2-1-3-5-18/h1-14H,28H2,(H2,27,33)(H3,26,30,31). The van der Waals surface area contributed by atoms with Gasteiger partial charge in [-0.25, -0.2) is 20.6 Å². The van der Waals surface area contributed by atoms with Gasteiger partial charge in [0.05, 0.1) is 28.0 Å². The number of nitrogen functional groups attached to an aromatic ring is 1. The van der Waals surface area contributed by atoms with E-state index in [1.807, 2.05) is 72.8 Å². The molecule has 0 saturated carbocycles. The van der Waals surface area contributed by atoms with Gasteiger partial charge in [0.25, 0.3) is 0 Å². The van der Waals surface area contributed by atoms with E-state index >= 15 is 0 Å². The molecule has 0 saturated heterocycles. The highest BCUT2D eigenvalue weighted by molar-refractivity contribution is 6.01. The first kappa shape index (κ1) is 21.0. The minimum atomic E-state index is -0.748. The van der Waals surface area contributed by atoms with Gasteiger partial charge in [-0.2, -0.15) is 5.10 Å². The van der Waals surface area contributed by atoms with Gasteiger partial charge in [-0.1, -0.05) is 30.3 Å². The molecule has 0 unspecified atom stereocenters. The highest BCUT2D eigenvalue weighted by atomic mass is 16.5. The van der Waals surface area contributed by atoms with Crippen LogP contribution >= 0.6 is 0 Å². The molecule has 0 aliphatic rings. The highest BCUT2D eigenvalue weighted by Crippen LogP contribution is 2.34. The number of carbonyl (C=O) groups excluding carboxylic acids is 1. The average molecular weight is 451 g/mol. The van der Waals surface area contributed by atoms with Crippen molar-refractivity contribution in [3.05, 3.63) is 84.9 Å². The molecule has 5 rings (SSSR count). The third kappa shape index (κ3) is 3.98. The second-order valence-corrected chi connectivity index (χ2v) is 7.58. The second-order valence-electron chi connectivity index (χ2n) is 7.58. The number of nitrogens with two attached hydrogens (primary N) is 3. The maximum absolute atomic E-state index is 11.3. The third-order valence-corrected chi connectivity index (χ3v) is 5.36. The number of aromatic nitrogens is 3. The van der Waals surface area contributed by atoms with Crippen LogP contribution < -0.4 is 27.1 Å². The van der Waals surface area contributed by atoms with E-state index in [1.54, 1.807) is 12.1 Å². The molecule has 0 bridgehead atoms. The normalized spacial score (nSPS) is 10.9. The first-order chi connectivity index (χ1) is 16.5. The minimum Gasteiger partial charge on any atom is -0.457 e. The molecule has 0 radical (unpaired) electrons. The van der Waals surface area contributed by atoms with Crippen LogP contribution in [0.4, 0.5) is 16.3 Å². The van der Waals surface area contributed by atoms with Crippen molar-refractivity contribution in [3.63, 3.8) is 0 Å². The summed E-state index contributed by atoms with van der Waals surface area (Å²) in [5.74, 6) is 7.50. The number of hydrogen-bond donors (Lipinski definition) is 4. The number of amides is 2. The van der Waals surface area contributed by atoms with E-state index in [0.29, 0.717) is 28.6 Å². The number of para-hydroxylation sites is 1. The van der Waals surface area contributed by atoms with Crippen LogP contribution in [0.25, 0.3) is 33.4 Å². The fourth-order valence-electron chi connectivity index (χ4n) is 3.65. The summed E-state index contributed by atoms with van der Waals surface area (Å²) >= 11 is 0. The zero-order valence-corrected chi connectivity index (χ0v) is 18.0. The van der Waals surface area contributed by atoms with Crippen LogP contribution in [0.2, 0.25) is 0 Å². The van der Waals surface area contributed by atoms with Gasteiger partial charge in [0.1, 0.15) is 11.5 Å². The predicted octanol–water partition coefficient (Wildman–Crippen LogP) is 4.43. The molecule has 0 fully saturated rings. The summed E-state index contributed by atoms with van der Waals surface area (Å²) in [5, 5.41) is 8.74. The Morgan fingerprint density at radius 1 is 0.882 bits per heavy atom. The number of H-pyrrole nitrogens is 1. The van der Waals surface area contributed by atoms with Gasteiger partial charge >= 0.3 is 6.03 Å². The Bertz CT molecular complexity index is 1460. The molecule has 5 aromatic rings. The van der Waals surface area contributed by atoms with Crippen molar-refractivity contribution < 1.29 is 9.53 Å². The Labute approximate surface area is 194 Å². The molecule has 3 aromatic carbocycles. The Morgan fingerprint density at radius 3 is 2.21 bits per heavy atom. The summed E-state index contributed by atoms with van der Waals surface area (Å²) in [4.78, 5) is 16.2. The van der Waals surface area contributed by atoms with Crippen LogP contribution in [-0.4, -0.2) is 21.2 Å². The van der Waals surface area contributed by atoms with E-state index in [1.165, 1.54) is 0 Å². The molecule has 7 N–H and O–H groups in total. The number of rotatable bonds is 5. The van der Waals surface area contributed by atoms with Gasteiger partial charge in [0, 0.05) is 11.1 Å². The van der Waals surface area contributed by atoms with Crippen LogP contribution in [0.5, 0.6) is 11.5 Å². The van der Waals surface area contributed by atoms with Crippen molar-refractivity contribution in [1.82, 2.24) is 15.2 Å². The quantitative estimate of drug-likeness (QED) is 0.176. The Balaban J connectivity index is 1.52. The number of primary amides is 1. The smallest absolute Gasteiger partial charge is 0.333 e. The van der Waals surface area contributed by atoms with Crippen LogP contribution in [0.15, 0.2) is 84.9 Å². The fraction of sp³-hybridized carbons (Fsp3) is 0. The summed E-state index contributed by atoms with van der Waals surface area (Å²) in [6.07, 6.45) is 0. The molecular weight excluding hydrogens is 430 g/mol. The monoisotopic (exact) mass is 451 g/mol. The summed E-state index contributed by atoms with van der Waals surface area (Å²) in [7, 11) is 0. The number of aromatic amines is 1.